The fraction of sp³-hybridized carbons (Fsp3) is 0.357. The lowest BCUT2D eigenvalue weighted by atomic mass is 10.1. The lowest BCUT2D eigenvalue weighted by Gasteiger charge is -2.33. The van der Waals surface area contributed by atoms with E-state index < -0.39 is 11.6 Å². The predicted molar refractivity (Wildman–Crippen MR) is 144 cm³/mol. The molecule has 0 amide bonds. The first-order valence-corrected chi connectivity index (χ1v) is 12.6. The van der Waals surface area contributed by atoms with Gasteiger partial charge in [-0.15, -0.1) is 6.42 Å². The van der Waals surface area contributed by atoms with Crippen molar-refractivity contribution in [3.05, 3.63) is 59.7 Å². The monoisotopic (exact) mass is 516 g/mol. The number of hydrogen-bond donors (Lipinski definition) is 1. The summed E-state index contributed by atoms with van der Waals surface area (Å²) in [5.74, 6) is 2.91. The zero-order valence-electron chi connectivity index (χ0n) is 21.7. The summed E-state index contributed by atoms with van der Waals surface area (Å²) in [5.41, 5.74) is 2.24. The molecule has 1 N–H and O–H groups in total. The fourth-order valence-electron chi connectivity index (χ4n) is 4.89. The van der Waals surface area contributed by atoms with Crippen molar-refractivity contribution in [1.82, 2.24) is 34.3 Å². The first-order valence-electron chi connectivity index (χ1n) is 12.6. The number of nitrogens with one attached hydrogen (secondary N) is 1. The normalized spacial score (nSPS) is 14.8. The number of piperazine rings is 1. The molecular weight excluding hydrogens is 486 g/mol. The number of pyridine rings is 1. The zero-order valence-corrected chi connectivity index (χ0v) is 21.7. The summed E-state index contributed by atoms with van der Waals surface area (Å²) in [7, 11) is 0. The highest BCUT2D eigenvalue weighted by atomic mass is 19.1. The van der Waals surface area contributed by atoms with Crippen LogP contribution in [0.2, 0.25) is 0 Å². The maximum absolute atomic E-state index is 14.9. The lowest BCUT2D eigenvalue weighted by Crippen LogP contribution is -2.45. The maximum atomic E-state index is 14.9. The Morgan fingerprint density at radius 3 is 2.45 bits per heavy atom. The molecule has 0 saturated carbocycles. The summed E-state index contributed by atoms with van der Waals surface area (Å²) in [6.07, 6.45) is 8.29. The SMILES string of the molecule is C#CCN1CCN(Cc2ccc(Nc3ncc(F)c(-c4cc(F)c5nc(C)n(C(C)C)c5c4)n3)nc2)CC1. The van der Waals surface area contributed by atoms with Crippen LogP contribution in [0.25, 0.3) is 22.3 Å². The Bertz CT molecular complexity index is 1480. The van der Waals surface area contributed by atoms with E-state index in [9.17, 15) is 8.78 Å². The highest BCUT2D eigenvalue weighted by Gasteiger charge is 2.19. The summed E-state index contributed by atoms with van der Waals surface area (Å²) in [6.45, 7) is 11.1. The second-order valence-electron chi connectivity index (χ2n) is 9.77. The molecule has 196 valence electrons. The van der Waals surface area contributed by atoms with Gasteiger partial charge in [-0.2, -0.15) is 0 Å². The van der Waals surface area contributed by atoms with Gasteiger partial charge in [0, 0.05) is 50.5 Å². The molecule has 3 aromatic heterocycles. The molecule has 1 aliphatic heterocycles. The van der Waals surface area contributed by atoms with Crippen LogP contribution in [0, 0.1) is 30.9 Å². The van der Waals surface area contributed by atoms with E-state index in [1.165, 1.54) is 6.07 Å². The number of rotatable bonds is 7. The highest BCUT2D eigenvalue weighted by Crippen LogP contribution is 2.30. The van der Waals surface area contributed by atoms with Crippen molar-refractivity contribution in [2.24, 2.45) is 0 Å². The smallest absolute Gasteiger partial charge is 0.229 e. The second-order valence-corrected chi connectivity index (χ2v) is 9.77. The molecule has 0 bridgehead atoms. The minimum atomic E-state index is -0.646. The second kappa shape index (κ2) is 10.8. The van der Waals surface area contributed by atoms with Gasteiger partial charge in [-0.05, 0) is 44.5 Å². The molecule has 0 radical (unpaired) electrons. The van der Waals surface area contributed by atoms with Crippen LogP contribution in [0.4, 0.5) is 20.5 Å². The van der Waals surface area contributed by atoms with E-state index in [-0.39, 0.29) is 23.2 Å². The molecule has 1 aromatic carbocycles. The molecule has 5 rings (SSSR count). The molecule has 4 heterocycles. The third-order valence-electron chi connectivity index (χ3n) is 6.71. The number of fused-ring (bicyclic) bond motifs is 1. The minimum absolute atomic E-state index is 0.00180. The van der Waals surface area contributed by atoms with Crippen molar-refractivity contribution in [3.8, 4) is 23.6 Å². The predicted octanol–water partition coefficient (Wildman–Crippen LogP) is 4.55. The van der Waals surface area contributed by atoms with E-state index in [1.54, 1.807) is 12.3 Å². The van der Waals surface area contributed by atoms with E-state index in [2.05, 4.69) is 41.0 Å². The van der Waals surface area contributed by atoms with Crippen molar-refractivity contribution in [2.75, 3.05) is 38.0 Å². The number of halogens is 2. The average molecular weight is 517 g/mol. The van der Waals surface area contributed by atoms with Crippen molar-refractivity contribution < 1.29 is 8.78 Å². The third-order valence-corrected chi connectivity index (χ3v) is 6.71. The number of aromatic nitrogens is 5. The molecule has 4 aromatic rings. The van der Waals surface area contributed by atoms with Gasteiger partial charge in [-0.3, -0.25) is 9.80 Å². The van der Waals surface area contributed by atoms with Gasteiger partial charge in [-0.1, -0.05) is 12.0 Å². The van der Waals surface area contributed by atoms with Crippen molar-refractivity contribution >= 4 is 22.8 Å². The van der Waals surface area contributed by atoms with Gasteiger partial charge in [0.15, 0.2) is 11.6 Å². The van der Waals surface area contributed by atoms with Crippen molar-refractivity contribution in [2.45, 2.75) is 33.4 Å². The quantitative estimate of drug-likeness (QED) is 0.361. The molecule has 8 nitrogen and oxygen atoms in total. The van der Waals surface area contributed by atoms with Crippen LogP contribution < -0.4 is 5.32 Å². The molecule has 1 fully saturated rings. The summed E-state index contributed by atoms with van der Waals surface area (Å²) >= 11 is 0. The number of benzene rings is 1. The molecular formula is C28H30F2N8. The van der Waals surface area contributed by atoms with Crippen LogP contribution in [0.3, 0.4) is 0 Å². The fourth-order valence-corrected chi connectivity index (χ4v) is 4.89. The van der Waals surface area contributed by atoms with E-state index >= 15 is 0 Å². The topological polar surface area (TPSA) is 75.0 Å². The van der Waals surface area contributed by atoms with Crippen LogP contribution in [0.5, 0.6) is 0 Å². The first kappa shape index (κ1) is 25.7. The minimum Gasteiger partial charge on any atom is -0.326 e. The molecule has 0 spiro atoms. The van der Waals surface area contributed by atoms with Crippen LogP contribution >= 0.6 is 0 Å². The lowest BCUT2D eigenvalue weighted by molar-refractivity contribution is 0.138. The standard InChI is InChI=1S/C28H30F2N8/c1-5-8-36-9-11-37(12-10-36)17-20-6-7-25(31-15-20)34-28-32-16-23(30)26(35-28)21-13-22(29)27-24(14-21)38(18(2)3)19(4)33-27/h1,6-7,13-16,18H,8-12,17H2,2-4H3,(H,31,32,34,35). The largest absolute Gasteiger partial charge is 0.326 e. The van der Waals surface area contributed by atoms with Gasteiger partial charge in [0.05, 0.1) is 18.3 Å². The molecule has 1 saturated heterocycles. The van der Waals surface area contributed by atoms with Crippen molar-refractivity contribution in [3.63, 3.8) is 0 Å². The van der Waals surface area contributed by atoms with Gasteiger partial charge in [0.1, 0.15) is 22.9 Å². The van der Waals surface area contributed by atoms with Crippen LogP contribution in [-0.4, -0.2) is 67.0 Å². The first-order chi connectivity index (χ1) is 18.3. The molecule has 1 aliphatic rings. The van der Waals surface area contributed by atoms with E-state index in [0.29, 0.717) is 29.3 Å². The molecule has 38 heavy (non-hydrogen) atoms. The van der Waals surface area contributed by atoms with Gasteiger partial charge in [0.2, 0.25) is 5.95 Å². The average Bonchev–Trinajstić information content (AvgIpc) is 3.24. The number of hydrogen-bond acceptors (Lipinski definition) is 7. The summed E-state index contributed by atoms with van der Waals surface area (Å²) in [5, 5.41) is 3.03. The van der Waals surface area contributed by atoms with Gasteiger partial charge < -0.3 is 9.88 Å². The van der Waals surface area contributed by atoms with Gasteiger partial charge in [-0.25, -0.2) is 28.7 Å². The molecule has 10 heteroatoms. The Hall–Kier alpha value is -3.94. The summed E-state index contributed by atoms with van der Waals surface area (Å²) < 4.78 is 31.7. The Labute approximate surface area is 220 Å². The van der Waals surface area contributed by atoms with Gasteiger partial charge in [0.25, 0.3) is 0 Å². The number of imidazole rings is 1. The molecule has 0 aliphatic carbocycles. The third kappa shape index (κ3) is 5.35. The van der Waals surface area contributed by atoms with Crippen molar-refractivity contribution in [1.29, 1.82) is 0 Å². The molecule has 0 atom stereocenters. The maximum Gasteiger partial charge on any atom is 0.229 e. The Morgan fingerprint density at radius 2 is 1.76 bits per heavy atom. The zero-order chi connectivity index (χ0) is 26.8. The van der Waals surface area contributed by atoms with E-state index in [0.717, 1.165) is 44.5 Å². The Morgan fingerprint density at radius 1 is 1.00 bits per heavy atom. The number of anilines is 2. The Kier molecular flexibility index (Phi) is 7.31. The van der Waals surface area contributed by atoms with Crippen LogP contribution in [0.15, 0.2) is 36.7 Å². The number of terminal acetylenes is 1. The Balaban J connectivity index is 1.32. The summed E-state index contributed by atoms with van der Waals surface area (Å²) in [6, 6.07) is 6.87. The van der Waals surface area contributed by atoms with Crippen LogP contribution in [0.1, 0.15) is 31.3 Å². The van der Waals surface area contributed by atoms with Gasteiger partial charge >= 0.3 is 0 Å². The summed E-state index contributed by atoms with van der Waals surface area (Å²) in [4.78, 5) is 21.9. The highest BCUT2D eigenvalue weighted by molar-refractivity contribution is 5.83. The molecule has 0 unspecified atom stereocenters. The number of nitrogens with zero attached hydrogens (tertiary/aromatic N) is 7. The van der Waals surface area contributed by atoms with Crippen LogP contribution in [-0.2, 0) is 6.54 Å². The van der Waals surface area contributed by atoms with E-state index in [1.807, 2.05) is 37.5 Å². The number of aryl methyl sites for hydroxylation is 1. The van der Waals surface area contributed by atoms with E-state index in [4.69, 9.17) is 6.42 Å².